The summed E-state index contributed by atoms with van der Waals surface area (Å²) < 4.78 is 29.6. The van der Waals surface area contributed by atoms with Crippen LogP contribution in [0.1, 0.15) is 62.5 Å². The Morgan fingerprint density at radius 3 is 2.09 bits per heavy atom. The molecule has 0 saturated carbocycles. The van der Waals surface area contributed by atoms with Gasteiger partial charge in [0.25, 0.3) is 0 Å². The van der Waals surface area contributed by atoms with Gasteiger partial charge >= 0.3 is 23.9 Å². The maximum absolute atomic E-state index is 12.4. The number of nitrogens with one attached hydrogen (secondary N) is 1. The smallest absolute Gasteiger partial charge is 0.303 e. The van der Waals surface area contributed by atoms with Crippen LogP contribution in [0.25, 0.3) is 0 Å². The van der Waals surface area contributed by atoms with Crippen molar-refractivity contribution in [2.75, 3.05) is 13.2 Å². The van der Waals surface area contributed by atoms with Gasteiger partial charge in [-0.05, 0) is 34.9 Å². The minimum atomic E-state index is -1.37. The fourth-order valence-corrected chi connectivity index (χ4v) is 5.10. The Morgan fingerprint density at radius 1 is 0.844 bits per heavy atom. The second-order valence-corrected chi connectivity index (χ2v) is 10.6. The van der Waals surface area contributed by atoms with E-state index in [1.807, 2.05) is 61.5 Å². The summed E-state index contributed by atoms with van der Waals surface area (Å²) in [4.78, 5) is 48.5. The molecule has 14 nitrogen and oxygen atoms in total. The molecular formula is C31H37N5O9. The fourth-order valence-electron chi connectivity index (χ4n) is 5.10. The van der Waals surface area contributed by atoms with Gasteiger partial charge < -0.3 is 29.0 Å². The Labute approximate surface area is 260 Å². The Hall–Kier alpha value is -4.69. The third-order valence-electron chi connectivity index (χ3n) is 7.00. The summed E-state index contributed by atoms with van der Waals surface area (Å²) in [6, 6.07) is 17.2. The van der Waals surface area contributed by atoms with Crippen LogP contribution in [0.15, 0.2) is 54.6 Å². The summed E-state index contributed by atoms with van der Waals surface area (Å²) in [7, 11) is 0. The first-order valence-corrected chi connectivity index (χ1v) is 14.5. The average Bonchev–Trinajstić information content (AvgIpc) is 3.46. The van der Waals surface area contributed by atoms with Crippen LogP contribution in [0.4, 0.5) is 0 Å². The highest BCUT2D eigenvalue weighted by Crippen LogP contribution is 2.36. The monoisotopic (exact) mass is 623 g/mol. The zero-order valence-electron chi connectivity index (χ0n) is 25.7. The molecule has 0 spiro atoms. The molecule has 3 aromatic rings. The molecule has 0 amide bonds. The van der Waals surface area contributed by atoms with Crippen molar-refractivity contribution in [1.82, 2.24) is 25.5 Å². The summed E-state index contributed by atoms with van der Waals surface area (Å²) in [5, 5.41) is 16.0. The van der Waals surface area contributed by atoms with Gasteiger partial charge in [0, 0.05) is 34.2 Å². The van der Waals surface area contributed by atoms with Crippen molar-refractivity contribution in [2.24, 2.45) is 0 Å². The molecule has 1 unspecified atom stereocenters. The van der Waals surface area contributed by atoms with Crippen molar-refractivity contribution < 1.29 is 42.9 Å². The number of carbonyl (C=O) groups is 4. The van der Waals surface area contributed by atoms with Crippen LogP contribution >= 0.6 is 0 Å². The number of carbonyl (C=O) groups excluding carboxylic acids is 4. The normalized spacial score (nSPS) is 21.8. The SMILES string of the molecule is CC(=O)OC[C@H]1O[C@@H](n2nnnc2C(NCCc2ccccc2)c2ccc(C)cc2)[C@H](OC(C)=O)[C@@H](OC(C)=O)[C@@H]1OC(C)=O. The van der Waals surface area contributed by atoms with Crippen molar-refractivity contribution in [3.8, 4) is 0 Å². The number of hydrogen-bond donors (Lipinski definition) is 1. The van der Waals surface area contributed by atoms with E-state index < -0.39 is 60.6 Å². The number of nitrogens with zero attached hydrogens (tertiary/aromatic N) is 4. The molecule has 14 heteroatoms. The van der Waals surface area contributed by atoms with Crippen LogP contribution < -0.4 is 5.32 Å². The van der Waals surface area contributed by atoms with Crippen molar-refractivity contribution in [1.29, 1.82) is 0 Å². The highest BCUT2D eigenvalue weighted by Gasteiger charge is 2.54. The predicted molar refractivity (Wildman–Crippen MR) is 156 cm³/mol. The molecule has 0 aliphatic carbocycles. The van der Waals surface area contributed by atoms with Gasteiger partial charge in [0.15, 0.2) is 30.4 Å². The number of esters is 4. The molecule has 1 aromatic heterocycles. The van der Waals surface area contributed by atoms with Crippen molar-refractivity contribution in [3.63, 3.8) is 0 Å². The van der Waals surface area contributed by atoms with Gasteiger partial charge in [0.2, 0.25) is 0 Å². The molecule has 2 aromatic carbocycles. The van der Waals surface area contributed by atoms with Crippen LogP contribution in [-0.4, -0.2) is 81.7 Å². The number of benzene rings is 2. The number of tetrazole rings is 1. The van der Waals surface area contributed by atoms with Gasteiger partial charge in [-0.2, -0.15) is 4.68 Å². The first kappa shape index (κ1) is 33.2. The minimum absolute atomic E-state index is 0.299. The summed E-state index contributed by atoms with van der Waals surface area (Å²) in [5.74, 6) is -2.51. The highest BCUT2D eigenvalue weighted by atomic mass is 16.7. The number of ether oxygens (including phenoxy) is 5. The molecular weight excluding hydrogens is 586 g/mol. The first-order chi connectivity index (χ1) is 21.5. The molecule has 1 aliphatic heterocycles. The van der Waals surface area contributed by atoms with Gasteiger partial charge in [0.1, 0.15) is 12.7 Å². The van der Waals surface area contributed by atoms with Crippen molar-refractivity contribution >= 4 is 23.9 Å². The summed E-state index contributed by atoms with van der Waals surface area (Å²) in [6.07, 6.45) is -5.77. The lowest BCUT2D eigenvalue weighted by Crippen LogP contribution is -2.61. The maximum atomic E-state index is 12.4. The van der Waals surface area contributed by atoms with E-state index in [0.717, 1.165) is 30.5 Å². The Morgan fingerprint density at radius 2 is 1.47 bits per heavy atom. The molecule has 1 saturated heterocycles. The number of rotatable bonds is 12. The van der Waals surface area contributed by atoms with E-state index in [1.165, 1.54) is 18.5 Å². The van der Waals surface area contributed by atoms with Crippen molar-refractivity contribution in [3.05, 3.63) is 77.1 Å². The van der Waals surface area contributed by atoms with E-state index in [9.17, 15) is 19.2 Å². The van der Waals surface area contributed by atoms with Gasteiger partial charge in [0.05, 0.1) is 6.04 Å². The number of hydrogen-bond acceptors (Lipinski definition) is 13. The molecule has 45 heavy (non-hydrogen) atoms. The first-order valence-electron chi connectivity index (χ1n) is 14.5. The molecule has 2 heterocycles. The quantitative estimate of drug-likeness (QED) is 0.230. The highest BCUT2D eigenvalue weighted by molar-refractivity contribution is 5.68. The van der Waals surface area contributed by atoms with Gasteiger partial charge in [-0.25, -0.2) is 0 Å². The molecule has 1 N–H and O–H groups in total. The second-order valence-electron chi connectivity index (χ2n) is 10.6. The molecule has 240 valence electrons. The number of aromatic nitrogens is 4. The van der Waals surface area contributed by atoms with Gasteiger partial charge in [-0.15, -0.1) is 5.10 Å². The zero-order valence-corrected chi connectivity index (χ0v) is 25.7. The Balaban J connectivity index is 1.77. The van der Waals surface area contributed by atoms with E-state index in [4.69, 9.17) is 23.7 Å². The van der Waals surface area contributed by atoms with Crippen LogP contribution in [0, 0.1) is 6.92 Å². The minimum Gasteiger partial charge on any atom is -0.463 e. The molecule has 1 fully saturated rings. The Kier molecular flexibility index (Phi) is 11.3. The standard InChI is InChI=1S/C31H37N5O9/c1-18-11-13-24(14-12-18)26(32-16-15-23-9-7-6-8-10-23)30-33-34-35-36(30)31-29(44-22(5)40)28(43-21(4)39)27(42-20(3)38)25(45-31)17-41-19(2)37/h6-14,25-29,31-32H,15-17H2,1-5H3/t25-,26?,27-,28+,29-,31-/m1/s1. The van der Waals surface area contributed by atoms with E-state index >= 15 is 0 Å². The lowest BCUT2D eigenvalue weighted by molar-refractivity contribution is -0.271. The average molecular weight is 624 g/mol. The largest absolute Gasteiger partial charge is 0.463 e. The summed E-state index contributed by atoms with van der Waals surface area (Å²) in [6.45, 7) is 6.86. The molecule has 6 atom stereocenters. The third-order valence-corrected chi connectivity index (χ3v) is 7.00. The van der Waals surface area contributed by atoms with E-state index in [-0.39, 0.29) is 6.61 Å². The second kappa shape index (κ2) is 15.3. The lowest BCUT2D eigenvalue weighted by atomic mass is 9.96. The van der Waals surface area contributed by atoms with Crippen LogP contribution in [-0.2, 0) is 49.3 Å². The van der Waals surface area contributed by atoms with E-state index in [1.54, 1.807) is 0 Å². The topological polar surface area (TPSA) is 170 Å². The zero-order chi connectivity index (χ0) is 32.5. The lowest BCUT2D eigenvalue weighted by Gasteiger charge is -2.44. The predicted octanol–water partition coefficient (Wildman–Crippen LogP) is 2.16. The number of aryl methyl sites for hydroxylation is 1. The van der Waals surface area contributed by atoms with Gasteiger partial charge in [-0.3, -0.25) is 19.2 Å². The molecule has 4 rings (SSSR count). The van der Waals surface area contributed by atoms with Crippen LogP contribution in [0.5, 0.6) is 0 Å². The molecule has 1 aliphatic rings. The van der Waals surface area contributed by atoms with E-state index in [2.05, 4.69) is 20.8 Å². The molecule has 0 radical (unpaired) electrons. The fraction of sp³-hybridized carbons (Fsp3) is 0.452. The molecule has 0 bridgehead atoms. The maximum Gasteiger partial charge on any atom is 0.303 e. The van der Waals surface area contributed by atoms with Crippen LogP contribution in [0.3, 0.4) is 0 Å². The van der Waals surface area contributed by atoms with Crippen molar-refractivity contribution in [2.45, 2.75) is 77.7 Å². The van der Waals surface area contributed by atoms with Gasteiger partial charge in [-0.1, -0.05) is 60.2 Å². The third kappa shape index (κ3) is 8.92. The van der Waals surface area contributed by atoms with E-state index in [0.29, 0.717) is 18.8 Å². The van der Waals surface area contributed by atoms with Crippen LogP contribution in [0.2, 0.25) is 0 Å². The summed E-state index contributed by atoms with van der Waals surface area (Å²) in [5.41, 5.74) is 3.03. The Bertz CT molecular complexity index is 1460. The summed E-state index contributed by atoms with van der Waals surface area (Å²) >= 11 is 0.